The number of rotatable bonds is 6. The fourth-order valence-corrected chi connectivity index (χ4v) is 4.17. The van der Waals surface area contributed by atoms with Crippen LogP contribution in [0.25, 0.3) is 0 Å². The minimum absolute atomic E-state index is 0.107. The minimum Gasteiger partial charge on any atom is -0.353 e. The molecule has 2 aliphatic carbocycles. The summed E-state index contributed by atoms with van der Waals surface area (Å²) in [6.07, 6.45) is 7.27. The predicted molar refractivity (Wildman–Crippen MR) is 104 cm³/mol. The van der Waals surface area contributed by atoms with Gasteiger partial charge in [0.05, 0.1) is 5.41 Å². The van der Waals surface area contributed by atoms with E-state index >= 15 is 0 Å². The van der Waals surface area contributed by atoms with E-state index in [1.807, 2.05) is 0 Å². The fourth-order valence-electron chi connectivity index (χ4n) is 4.17. The number of hydrogen-bond acceptors (Lipinski definition) is 2. The lowest BCUT2D eigenvalue weighted by atomic mass is 9.85. The highest BCUT2D eigenvalue weighted by Crippen LogP contribution is 2.49. The zero-order chi connectivity index (χ0) is 18.7. The Labute approximate surface area is 156 Å². The fraction of sp³-hybridized carbons (Fsp3) is 0.545. The second kappa shape index (κ2) is 7.65. The van der Waals surface area contributed by atoms with Gasteiger partial charge in [-0.25, -0.2) is 0 Å². The third-order valence-electron chi connectivity index (χ3n) is 5.89. The lowest BCUT2D eigenvalue weighted by molar-refractivity contribution is -0.124. The standard InChI is InChI=1S/C22H30N2O2/c1-4-20(25)23-14-17-5-7-19(8-6-17)24-21(26)22(9-10-22)18-12-15(2)11-16(3)13-18/h4,11-13,17,19H,1,5-10,14H2,2-3H3,(H,23,25)(H,24,26). The van der Waals surface area contributed by atoms with Crippen LogP contribution in [0.4, 0.5) is 0 Å². The largest absolute Gasteiger partial charge is 0.353 e. The highest BCUT2D eigenvalue weighted by atomic mass is 16.2. The van der Waals surface area contributed by atoms with Crippen LogP contribution in [0, 0.1) is 19.8 Å². The summed E-state index contributed by atoms with van der Waals surface area (Å²) in [4.78, 5) is 24.3. The molecule has 2 aliphatic rings. The van der Waals surface area contributed by atoms with E-state index in [9.17, 15) is 9.59 Å². The molecule has 0 unspecified atom stereocenters. The number of amides is 2. The van der Waals surface area contributed by atoms with Crippen molar-refractivity contribution in [2.24, 2.45) is 5.92 Å². The van der Waals surface area contributed by atoms with Crippen LogP contribution in [0.1, 0.15) is 55.2 Å². The lowest BCUT2D eigenvalue weighted by Crippen LogP contribution is -2.44. The Kier molecular flexibility index (Phi) is 5.49. The number of benzene rings is 1. The van der Waals surface area contributed by atoms with Gasteiger partial charge in [-0.1, -0.05) is 35.9 Å². The third kappa shape index (κ3) is 4.17. The van der Waals surface area contributed by atoms with Crippen molar-refractivity contribution in [1.82, 2.24) is 10.6 Å². The van der Waals surface area contributed by atoms with Crippen LogP contribution >= 0.6 is 0 Å². The summed E-state index contributed by atoms with van der Waals surface area (Å²) in [5.74, 6) is 0.594. The SMILES string of the molecule is C=CC(=O)NCC1CCC(NC(=O)C2(c3cc(C)cc(C)c3)CC2)CC1. The normalized spacial score (nSPS) is 23.8. The smallest absolute Gasteiger partial charge is 0.243 e. The van der Waals surface area contributed by atoms with E-state index in [0.29, 0.717) is 12.5 Å². The molecule has 1 aromatic rings. The van der Waals surface area contributed by atoms with Crippen molar-refractivity contribution in [1.29, 1.82) is 0 Å². The molecule has 2 fully saturated rings. The Balaban J connectivity index is 1.53. The first-order chi connectivity index (χ1) is 12.4. The molecule has 4 heteroatoms. The molecule has 0 radical (unpaired) electrons. The molecule has 0 saturated heterocycles. The summed E-state index contributed by atoms with van der Waals surface area (Å²) in [6.45, 7) is 8.37. The van der Waals surface area contributed by atoms with Gasteiger partial charge in [-0.3, -0.25) is 9.59 Å². The highest BCUT2D eigenvalue weighted by Gasteiger charge is 2.51. The quantitative estimate of drug-likeness (QED) is 0.770. The molecule has 0 atom stereocenters. The second-order valence-corrected chi connectivity index (χ2v) is 8.10. The van der Waals surface area contributed by atoms with Gasteiger partial charge in [-0.05, 0) is 69.9 Å². The van der Waals surface area contributed by atoms with Crippen molar-refractivity contribution in [3.05, 3.63) is 47.5 Å². The monoisotopic (exact) mass is 354 g/mol. The maximum atomic E-state index is 13.0. The van der Waals surface area contributed by atoms with Gasteiger partial charge in [0.1, 0.15) is 0 Å². The maximum absolute atomic E-state index is 13.0. The molecule has 0 bridgehead atoms. The lowest BCUT2D eigenvalue weighted by Gasteiger charge is -2.30. The van der Waals surface area contributed by atoms with Crippen LogP contribution in [0.3, 0.4) is 0 Å². The van der Waals surface area contributed by atoms with Gasteiger partial charge in [0.15, 0.2) is 0 Å². The molecular formula is C22H30N2O2. The summed E-state index contributed by atoms with van der Waals surface area (Å²) in [6, 6.07) is 6.75. The van der Waals surface area contributed by atoms with Crippen LogP contribution < -0.4 is 10.6 Å². The zero-order valence-electron chi connectivity index (χ0n) is 15.9. The van der Waals surface area contributed by atoms with Crippen molar-refractivity contribution < 1.29 is 9.59 Å². The van der Waals surface area contributed by atoms with Crippen molar-refractivity contribution in [3.63, 3.8) is 0 Å². The van der Waals surface area contributed by atoms with Gasteiger partial charge in [0, 0.05) is 12.6 Å². The Morgan fingerprint density at radius 1 is 1.12 bits per heavy atom. The van der Waals surface area contributed by atoms with Crippen LogP contribution in [-0.2, 0) is 15.0 Å². The van der Waals surface area contributed by atoms with E-state index in [1.54, 1.807) is 0 Å². The molecule has 0 aliphatic heterocycles. The number of nitrogens with one attached hydrogen (secondary N) is 2. The van der Waals surface area contributed by atoms with Crippen LogP contribution in [-0.4, -0.2) is 24.4 Å². The Bertz CT molecular complexity index is 678. The second-order valence-electron chi connectivity index (χ2n) is 8.10. The summed E-state index contributed by atoms with van der Waals surface area (Å²) >= 11 is 0. The van der Waals surface area contributed by atoms with Crippen molar-refractivity contribution in [2.75, 3.05) is 6.54 Å². The van der Waals surface area contributed by atoms with E-state index in [4.69, 9.17) is 0 Å². The van der Waals surface area contributed by atoms with Gasteiger partial charge in [0.2, 0.25) is 11.8 Å². The van der Waals surface area contributed by atoms with Crippen molar-refractivity contribution >= 4 is 11.8 Å². The van der Waals surface area contributed by atoms with Crippen molar-refractivity contribution in [2.45, 2.75) is 63.8 Å². The molecular weight excluding hydrogens is 324 g/mol. The Hall–Kier alpha value is -2.10. The first kappa shape index (κ1) is 18.7. The summed E-state index contributed by atoms with van der Waals surface area (Å²) in [7, 11) is 0. The molecule has 0 spiro atoms. The molecule has 4 nitrogen and oxygen atoms in total. The molecule has 0 aromatic heterocycles. The first-order valence-electron chi connectivity index (χ1n) is 9.73. The first-order valence-corrected chi connectivity index (χ1v) is 9.73. The number of aryl methyl sites for hydroxylation is 2. The molecule has 2 N–H and O–H groups in total. The van der Waals surface area contributed by atoms with E-state index in [0.717, 1.165) is 38.5 Å². The maximum Gasteiger partial charge on any atom is 0.243 e. The minimum atomic E-state index is -0.300. The topological polar surface area (TPSA) is 58.2 Å². The summed E-state index contributed by atoms with van der Waals surface area (Å²) in [5.41, 5.74) is 3.32. The Morgan fingerprint density at radius 2 is 1.73 bits per heavy atom. The number of hydrogen-bond donors (Lipinski definition) is 2. The van der Waals surface area contributed by atoms with Crippen LogP contribution in [0.5, 0.6) is 0 Å². The molecule has 3 rings (SSSR count). The zero-order valence-corrected chi connectivity index (χ0v) is 15.9. The third-order valence-corrected chi connectivity index (χ3v) is 5.89. The van der Waals surface area contributed by atoms with E-state index in [-0.39, 0.29) is 23.3 Å². The summed E-state index contributed by atoms with van der Waals surface area (Å²) in [5, 5.41) is 6.19. The van der Waals surface area contributed by atoms with Crippen LogP contribution in [0.2, 0.25) is 0 Å². The average molecular weight is 354 g/mol. The molecule has 1 aromatic carbocycles. The predicted octanol–water partition coefficient (Wildman–Crippen LogP) is 3.31. The highest BCUT2D eigenvalue weighted by molar-refractivity contribution is 5.91. The van der Waals surface area contributed by atoms with E-state index in [2.05, 4.69) is 49.3 Å². The van der Waals surface area contributed by atoms with Gasteiger partial charge in [-0.2, -0.15) is 0 Å². The van der Waals surface area contributed by atoms with Crippen LogP contribution in [0.15, 0.2) is 30.9 Å². The summed E-state index contributed by atoms with van der Waals surface area (Å²) < 4.78 is 0. The molecule has 0 heterocycles. The van der Waals surface area contributed by atoms with Gasteiger partial charge in [-0.15, -0.1) is 0 Å². The molecule has 140 valence electrons. The molecule has 2 saturated carbocycles. The Morgan fingerprint density at radius 3 is 2.27 bits per heavy atom. The van der Waals surface area contributed by atoms with E-state index in [1.165, 1.54) is 22.8 Å². The van der Waals surface area contributed by atoms with Crippen molar-refractivity contribution in [3.8, 4) is 0 Å². The average Bonchev–Trinajstić information content (AvgIpc) is 3.42. The van der Waals surface area contributed by atoms with Gasteiger partial charge >= 0.3 is 0 Å². The number of carbonyl (C=O) groups is 2. The molecule has 2 amide bonds. The van der Waals surface area contributed by atoms with E-state index < -0.39 is 0 Å². The number of carbonyl (C=O) groups excluding carboxylic acids is 2. The van der Waals surface area contributed by atoms with Gasteiger partial charge < -0.3 is 10.6 Å². The van der Waals surface area contributed by atoms with Gasteiger partial charge in [0.25, 0.3) is 0 Å². The molecule has 26 heavy (non-hydrogen) atoms.